The van der Waals surface area contributed by atoms with Crippen LogP contribution in [0.25, 0.3) is 10.2 Å². The van der Waals surface area contributed by atoms with E-state index in [1.807, 2.05) is 32.0 Å². The molecule has 0 radical (unpaired) electrons. The van der Waals surface area contributed by atoms with Crippen LogP contribution < -0.4 is 10.9 Å². The van der Waals surface area contributed by atoms with E-state index in [-0.39, 0.29) is 11.6 Å². The zero-order chi connectivity index (χ0) is 18.4. The number of anilines is 1. The van der Waals surface area contributed by atoms with Gasteiger partial charge in [-0.25, -0.2) is 4.98 Å². The second-order valence-electron chi connectivity index (χ2n) is 7.31. The van der Waals surface area contributed by atoms with Crippen LogP contribution in [0, 0.1) is 12.8 Å². The summed E-state index contributed by atoms with van der Waals surface area (Å²) < 4.78 is 0. The lowest BCUT2D eigenvalue weighted by Gasteiger charge is -2.17. The molecule has 1 aliphatic rings. The van der Waals surface area contributed by atoms with Gasteiger partial charge in [0.15, 0.2) is 0 Å². The number of nitrogens with one attached hydrogen (secondary N) is 2. The maximum absolute atomic E-state index is 12.7. The minimum atomic E-state index is -0.121. The third-order valence-corrected chi connectivity index (χ3v) is 6.70. The van der Waals surface area contributed by atoms with Crippen LogP contribution in [0.1, 0.15) is 48.1 Å². The average molecular weight is 388 g/mol. The van der Waals surface area contributed by atoms with Gasteiger partial charge in [0, 0.05) is 15.6 Å². The van der Waals surface area contributed by atoms with Crippen molar-refractivity contribution in [1.29, 1.82) is 0 Å². The lowest BCUT2D eigenvalue weighted by Crippen LogP contribution is -2.18. The van der Waals surface area contributed by atoms with Crippen LogP contribution in [-0.4, -0.2) is 9.97 Å². The molecule has 0 spiro atoms. The van der Waals surface area contributed by atoms with Gasteiger partial charge in [0.1, 0.15) is 10.7 Å². The third-order valence-electron chi connectivity index (χ3n) is 5.15. The number of hydrogen-bond acceptors (Lipinski definition) is 4. The number of fused-ring (bicyclic) bond motifs is 3. The van der Waals surface area contributed by atoms with Crippen LogP contribution in [0.3, 0.4) is 0 Å². The molecule has 4 rings (SSSR count). The van der Waals surface area contributed by atoms with Gasteiger partial charge in [-0.05, 0) is 62.3 Å². The molecule has 1 aromatic carbocycles. The molecule has 2 N–H and O–H groups in total. The number of nitrogens with zero attached hydrogens (tertiary/aromatic N) is 1. The number of halogens is 1. The fourth-order valence-corrected chi connectivity index (χ4v) is 5.14. The number of rotatable bonds is 3. The smallest absolute Gasteiger partial charge is 0.259 e. The molecule has 4 nitrogen and oxygen atoms in total. The Morgan fingerprint density at radius 3 is 3.00 bits per heavy atom. The standard InChI is InChI=1S/C20H22ClN3OS/c1-10-4-7-14-16(8-10)26-20-17(14)19(25)23-18(24-20)12(3)22-13-6-5-11(2)15(21)9-13/h5-6,9-10,12,22H,4,7-8H2,1-3H3,(H,23,24,25)/t10-,12-/m0/s1. The first kappa shape index (κ1) is 17.6. The number of thiophene rings is 1. The van der Waals surface area contributed by atoms with Crippen molar-refractivity contribution in [2.24, 2.45) is 5.92 Å². The van der Waals surface area contributed by atoms with Gasteiger partial charge in [-0.1, -0.05) is 24.6 Å². The van der Waals surface area contributed by atoms with Crippen LogP contribution in [0.2, 0.25) is 5.02 Å². The monoisotopic (exact) mass is 387 g/mol. The van der Waals surface area contributed by atoms with Gasteiger partial charge in [0.25, 0.3) is 5.56 Å². The van der Waals surface area contributed by atoms with Gasteiger partial charge in [-0.3, -0.25) is 4.79 Å². The maximum Gasteiger partial charge on any atom is 0.259 e. The summed E-state index contributed by atoms with van der Waals surface area (Å²) in [4.78, 5) is 22.7. The number of benzene rings is 1. The van der Waals surface area contributed by atoms with Crippen LogP contribution in [-0.2, 0) is 12.8 Å². The molecule has 2 aromatic heterocycles. The summed E-state index contributed by atoms with van der Waals surface area (Å²) in [6, 6.07) is 5.74. The second kappa shape index (κ2) is 6.71. The Bertz CT molecular complexity index is 1040. The molecule has 0 bridgehead atoms. The zero-order valence-electron chi connectivity index (χ0n) is 15.1. The Kier molecular flexibility index (Phi) is 4.53. The van der Waals surface area contributed by atoms with E-state index in [0.717, 1.165) is 45.8 Å². The number of aromatic amines is 1. The molecule has 2 atom stereocenters. The summed E-state index contributed by atoms with van der Waals surface area (Å²) in [5.74, 6) is 1.34. The van der Waals surface area contributed by atoms with Crippen LogP contribution in [0.15, 0.2) is 23.0 Å². The summed E-state index contributed by atoms with van der Waals surface area (Å²) in [5.41, 5.74) is 3.15. The predicted molar refractivity (Wildman–Crippen MR) is 110 cm³/mol. The Morgan fingerprint density at radius 1 is 1.42 bits per heavy atom. The molecule has 6 heteroatoms. The molecular weight excluding hydrogens is 366 g/mol. The Labute approximate surface area is 161 Å². The molecule has 1 aliphatic carbocycles. The van der Waals surface area contributed by atoms with Crippen molar-refractivity contribution < 1.29 is 0 Å². The van der Waals surface area contributed by atoms with Gasteiger partial charge in [-0.15, -0.1) is 11.3 Å². The van der Waals surface area contributed by atoms with E-state index in [2.05, 4.69) is 17.2 Å². The van der Waals surface area contributed by atoms with Gasteiger partial charge >= 0.3 is 0 Å². The van der Waals surface area contributed by atoms with E-state index in [4.69, 9.17) is 16.6 Å². The summed E-state index contributed by atoms with van der Waals surface area (Å²) in [6.45, 7) is 6.24. The molecule has 0 saturated carbocycles. The highest BCUT2D eigenvalue weighted by atomic mass is 35.5. The Morgan fingerprint density at radius 2 is 2.23 bits per heavy atom. The average Bonchev–Trinajstić information content (AvgIpc) is 2.95. The fraction of sp³-hybridized carbons (Fsp3) is 0.400. The molecule has 2 heterocycles. The lowest BCUT2D eigenvalue weighted by atomic mass is 9.89. The van der Waals surface area contributed by atoms with Crippen molar-refractivity contribution >= 4 is 38.8 Å². The lowest BCUT2D eigenvalue weighted by molar-refractivity contribution is 0.509. The van der Waals surface area contributed by atoms with Gasteiger partial charge in [-0.2, -0.15) is 0 Å². The molecule has 0 fully saturated rings. The molecule has 0 amide bonds. The highest BCUT2D eigenvalue weighted by molar-refractivity contribution is 7.18. The predicted octanol–water partition coefficient (Wildman–Crippen LogP) is 5.24. The van der Waals surface area contributed by atoms with E-state index >= 15 is 0 Å². The van der Waals surface area contributed by atoms with Crippen LogP contribution in [0.5, 0.6) is 0 Å². The molecule has 0 saturated heterocycles. The third kappa shape index (κ3) is 3.14. The summed E-state index contributed by atoms with van der Waals surface area (Å²) in [7, 11) is 0. The summed E-state index contributed by atoms with van der Waals surface area (Å²) in [5, 5.41) is 4.89. The van der Waals surface area contributed by atoms with E-state index < -0.39 is 0 Å². The van der Waals surface area contributed by atoms with E-state index in [0.29, 0.717) is 11.7 Å². The fourth-order valence-electron chi connectivity index (χ4n) is 3.57. The quantitative estimate of drug-likeness (QED) is 0.645. The molecule has 136 valence electrons. The number of aryl methyl sites for hydroxylation is 2. The van der Waals surface area contributed by atoms with Crippen LogP contribution >= 0.6 is 22.9 Å². The molecule has 0 unspecified atom stereocenters. The maximum atomic E-state index is 12.7. The number of aromatic nitrogens is 2. The minimum absolute atomic E-state index is 0.0207. The van der Waals surface area contributed by atoms with E-state index in [1.165, 1.54) is 10.4 Å². The number of H-pyrrole nitrogens is 1. The van der Waals surface area contributed by atoms with Gasteiger partial charge in [0.05, 0.1) is 11.4 Å². The molecule has 26 heavy (non-hydrogen) atoms. The van der Waals surface area contributed by atoms with Crippen molar-refractivity contribution in [3.63, 3.8) is 0 Å². The highest BCUT2D eigenvalue weighted by Gasteiger charge is 2.23. The van der Waals surface area contributed by atoms with Crippen LogP contribution in [0.4, 0.5) is 5.69 Å². The Hall–Kier alpha value is -1.85. The summed E-state index contributed by atoms with van der Waals surface area (Å²) in [6.07, 6.45) is 3.18. The first-order valence-electron chi connectivity index (χ1n) is 8.99. The highest BCUT2D eigenvalue weighted by Crippen LogP contribution is 2.36. The molecule has 0 aliphatic heterocycles. The molecular formula is C20H22ClN3OS. The summed E-state index contributed by atoms with van der Waals surface area (Å²) >= 11 is 7.88. The van der Waals surface area contributed by atoms with E-state index in [1.54, 1.807) is 11.3 Å². The number of hydrogen-bond donors (Lipinski definition) is 2. The van der Waals surface area contributed by atoms with E-state index in [9.17, 15) is 4.79 Å². The first-order valence-corrected chi connectivity index (χ1v) is 10.2. The SMILES string of the molecule is Cc1ccc(N[C@@H](C)c2nc3sc4c(c3c(=O)[nH]2)CC[C@H](C)C4)cc1Cl. The largest absolute Gasteiger partial charge is 0.375 e. The van der Waals surface area contributed by atoms with Crippen molar-refractivity contribution in [3.8, 4) is 0 Å². The molecule has 3 aromatic rings. The second-order valence-corrected chi connectivity index (χ2v) is 8.80. The normalized spacial score (nSPS) is 17.9. The zero-order valence-corrected chi connectivity index (χ0v) is 16.7. The van der Waals surface area contributed by atoms with Crippen molar-refractivity contribution in [1.82, 2.24) is 9.97 Å². The minimum Gasteiger partial charge on any atom is -0.375 e. The van der Waals surface area contributed by atoms with Gasteiger partial charge in [0.2, 0.25) is 0 Å². The topological polar surface area (TPSA) is 57.8 Å². The van der Waals surface area contributed by atoms with Crippen molar-refractivity contribution in [2.45, 2.75) is 46.1 Å². The van der Waals surface area contributed by atoms with Crippen molar-refractivity contribution in [3.05, 3.63) is 55.4 Å². The first-order chi connectivity index (χ1) is 12.4. The van der Waals surface area contributed by atoms with Crippen molar-refractivity contribution in [2.75, 3.05) is 5.32 Å². The Balaban J connectivity index is 1.68. The van der Waals surface area contributed by atoms with Gasteiger partial charge < -0.3 is 10.3 Å².